The first-order valence-corrected chi connectivity index (χ1v) is 7.00. The minimum absolute atomic E-state index is 0.102. The number of halogens is 1. The fourth-order valence-electron chi connectivity index (χ4n) is 1.78. The van der Waals surface area contributed by atoms with Gasteiger partial charge in [-0.25, -0.2) is 9.78 Å². The van der Waals surface area contributed by atoms with Gasteiger partial charge in [-0.15, -0.1) is 0 Å². The molecule has 0 saturated carbocycles. The Balaban J connectivity index is 2.37. The quantitative estimate of drug-likeness (QED) is 0.902. The third kappa shape index (κ3) is 3.51. The molecular formula is C16H11BrN2O3. The summed E-state index contributed by atoms with van der Waals surface area (Å²) in [5.74, 6) is -0.424. The van der Waals surface area contributed by atoms with Crippen LogP contribution in [0, 0.1) is 11.3 Å². The number of benzene rings is 1. The third-order valence-electron chi connectivity index (χ3n) is 2.87. The second-order valence-corrected chi connectivity index (χ2v) is 5.13. The van der Waals surface area contributed by atoms with Crippen LogP contribution in [0.1, 0.15) is 27.3 Å². The van der Waals surface area contributed by atoms with Crippen molar-refractivity contribution in [3.8, 4) is 11.8 Å². The first-order valence-electron chi connectivity index (χ1n) is 6.21. The Morgan fingerprint density at radius 1 is 1.36 bits per heavy atom. The van der Waals surface area contributed by atoms with E-state index in [9.17, 15) is 4.79 Å². The molecule has 1 aromatic carbocycles. The Bertz CT molecular complexity index is 794. The second kappa shape index (κ2) is 6.87. The molecule has 0 amide bonds. The van der Waals surface area contributed by atoms with E-state index < -0.39 is 5.97 Å². The molecule has 1 aromatic heterocycles. The predicted molar refractivity (Wildman–Crippen MR) is 85.5 cm³/mol. The minimum Gasteiger partial charge on any atom is -0.496 e. The molecule has 22 heavy (non-hydrogen) atoms. The van der Waals surface area contributed by atoms with Crippen molar-refractivity contribution >= 4 is 34.1 Å². The van der Waals surface area contributed by atoms with Gasteiger partial charge < -0.3 is 9.84 Å². The van der Waals surface area contributed by atoms with E-state index in [4.69, 9.17) is 15.1 Å². The number of hydrogen-bond donors (Lipinski definition) is 1. The zero-order valence-corrected chi connectivity index (χ0v) is 13.2. The normalized spacial score (nSPS) is 10.4. The number of pyridine rings is 1. The predicted octanol–water partition coefficient (Wildman–Crippen LogP) is 3.59. The molecule has 0 radical (unpaired) electrons. The maximum atomic E-state index is 11.0. The van der Waals surface area contributed by atoms with Crippen LogP contribution in [0.15, 0.2) is 34.8 Å². The topological polar surface area (TPSA) is 83.2 Å². The van der Waals surface area contributed by atoms with Gasteiger partial charge in [-0.3, -0.25) is 0 Å². The Morgan fingerprint density at radius 3 is 2.73 bits per heavy atom. The van der Waals surface area contributed by atoms with Crippen LogP contribution < -0.4 is 4.74 Å². The lowest BCUT2D eigenvalue weighted by molar-refractivity contribution is 0.0690. The summed E-state index contributed by atoms with van der Waals surface area (Å²) in [6, 6.07) is 10.2. The van der Waals surface area contributed by atoms with Gasteiger partial charge in [0.1, 0.15) is 17.5 Å². The average Bonchev–Trinajstić information content (AvgIpc) is 2.52. The fourth-order valence-corrected chi connectivity index (χ4v) is 2.34. The molecule has 0 saturated heterocycles. The van der Waals surface area contributed by atoms with Gasteiger partial charge in [-0.05, 0) is 51.8 Å². The number of carbonyl (C=O) groups is 1. The van der Waals surface area contributed by atoms with Gasteiger partial charge in [0.05, 0.1) is 22.8 Å². The molecule has 0 atom stereocenters. The summed E-state index contributed by atoms with van der Waals surface area (Å²) >= 11 is 3.39. The highest BCUT2D eigenvalue weighted by Gasteiger charge is 2.08. The Hall–Kier alpha value is -2.65. The maximum Gasteiger partial charge on any atom is 0.354 e. The molecule has 0 aliphatic rings. The van der Waals surface area contributed by atoms with Crippen LogP contribution in [0.25, 0.3) is 12.2 Å². The molecule has 1 heterocycles. The maximum absolute atomic E-state index is 11.0. The number of rotatable bonds is 4. The molecule has 0 spiro atoms. The van der Waals surface area contributed by atoms with Gasteiger partial charge in [0.25, 0.3) is 0 Å². The van der Waals surface area contributed by atoms with Crippen LogP contribution in [0.5, 0.6) is 5.75 Å². The summed E-state index contributed by atoms with van der Waals surface area (Å²) in [6.07, 6.45) is 3.36. The average molecular weight is 359 g/mol. The van der Waals surface area contributed by atoms with Crippen molar-refractivity contribution in [2.75, 3.05) is 7.11 Å². The fraction of sp³-hybridized carbons (Fsp3) is 0.0625. The van der Waals surface area contributed by atoms with Gasteiger partial charge in [-0.2, -0.15) is 5.26 Å². The molecule has 0 unspecified atom stereocenters. The Labute approximate surface area is 135 Å². The molecule has 0 bridgehead atoms. The zero-order valence-electron chi connectivity index (χ0n) is 11.6. The summed E-state index contributed by atoms with van der Waals surface area (Å²) in [6.45, 7) is 0. The van der Waals surface area contributed by atoms with Gasteiger partial charge in [0, 0.05) is 0 Å². The summed E-state index contributed by atoms with van der Waals surface area (Å²) in [4.78, 5) is 14.9. The van der Waals surface area contributed by atoms with Crippen molar-refractivity contribution in [1.82, 2.24) is 4.98 Å². The molecule has 0 aliphatic carbocycles. The first-order chi connectivity index (χ1) is 10.5. The molecule has 2 aromatic rings. The van der Waals surface area contributed by atoms with Crippen molar-refractivity contribution in [3.63, 3.8) is 0 Å². The first kappa shape index (κ1) is 15.7. The van der Waals surface area contributed by atoms with Crippen LogP contribution >= 0.6 is 15.9 Å². The van der Waals surface area contributed by atoms with Crippen molar-refractivity contribution in [2.45, 2.75) is 0 Å². The van der Waals surface area contributed by atoms with Gasteiger partial charge in [0.2, 0.25) is 0 Å². The van der Waals surface area contributed by atoms with E-state index in [1.165, 1.54) is 12.1 Å². The van der Waals surface area contributed by atoms with Crippen molar-refractivity contribution in [2.24, 2.45) is 0 Å². The minimum atomic E-state index is -1.13. The summed E-state index contributed by atoms with van der Waals surface area (Å²) in [5.41, 5.74) is 1.39. The molecule has 6 heteroatoms. The number of aromatic nitrogens is 1. The summed E-state index contributed by atoms with van der Waals surface area (Å²) in [5, 5.41) is 18.0. The van der Waals surface area contributed by atoms with Crippen LogP contribution in [-0.4, -0.2) is 23.2 Å². The molecular weight excluding hydrogens is 348 g/mol. The van der Waals surface area contributed by atoms with Crippen LogP contribution in [-0.2, 0) is 0 Å². The van der Waals surface area contributed by atoms with E-state index in [1.807, 2.05) is 18.2 Å². The number of nitriles is 1. The van der Waals surface area contributed by atoms with Gasteiger partial charge in [-0.1, -0.05) is 12.1 Å². The van der Waals surface area contributed by atoms with E-state index >= 15 is 0 Å². The van der Waals surface area contributed by atoms with Crippen molar-refractivity contribution in [3.05, 3.63) is 57.3 Å². The molecule has 110 valence electrons. The van der Waals surface area contributed by atoms with Crippen LogP contribution in [0.2, 0.25) is 0 Å². The van der Waals surface area contributed by atoms with Gasteiger partial charge in [0.15, 0.2) is 0 Å². The van der Waals surface area contributed by atoms with Crippen LogP contribution in [0.3, 0.4) is 0 Å². The van der Waals surface area contributed by atoms with E-state index in [-0.39, 0.29) is 5.69 Å². The second-order valence-electron chi connectivity index (χ2n) is 4.27. The zero-order chi connectivity index (χ0) is 16.1. The highest BCUT2D eigenvalue weighted by Crippen LogP contribution is 2.26. The number of hydrogen-bond acceptors (Lipinski definition) is 4. The lowest BCUT2D eigenvalue weighted by Crippen LogP contribution is -2.02. The largest absolute Gasteiger partial charge is 0.496 e. The number of carboxylic acid groups (broad SMARTS) is 1. The third-order valence-corrected chi connectivity index (χ3v) is 3.49. The number of carboxylic acids is 1. The number of aromatic carboxylic acids is 1. The standard InChI is InChI=1S/C16H11BrN2O3/c1-22-15-7-3-10(8-12(15)17)2-5-13-11(9-18)4-6-14(19-13)16(20)21/h2-8H,1H3,(H,20,21)/b5-2+. The monoisotopic (exact) mass is 358 g/mol. The van der Waals surface area contributed by atoms with E-state index in [2.05, 4.69) is 20.9 Å². The molecule has 2 rings (SSSR count). The molecule has 0 fully saturated rings. The molecule has 5 nitrogen and oxygen atoms in total. The lowest BCUT2D eigenvalue weighted by Gasteiger charge is -2.03. The van der Waals surface area contributed by atoms with E-state index in [1.54, 1.807) is 25.3 Å². The molecule has 1 N–H and O–H groups in total. The summed E-state index contributed by atoms with van der Waals surface area (Å²) in [7, 11) is 1.58. The SMILES string of the molecule is COc1ccc(/C=C/c2nc(C(=O)O)ccc2C#N)cc1Br. The molecule has 0 aliphatic heterocycles. The highest BCUT2D eigenvalue weighted by molar-refractivity contribution is 9.10. The lowest BCUT2D eigenvalue weighted by atomic mass is 10.1. The Morgan fingerprint density at radius 2 is 2.14 bits per heavy atom. The number of nitrogens with zero attached hydrogens (tertiary/aromatic N) is 2. The Kier molecular flexibility index (Phi) is 4.92. The summed E-state index contributed by atoms with van der Waals surface area (Å²) < 4.78 is 5.95. The smallest absolute Gasteiger partial charge is 0.354 e. The van der Waals surface area contributed by atoms with Crippen LogP contribution in [0.4, 0.5) is 0 Å². The van der Waals surface area contributed by atoms with E-state index in [0.29, 0.717) is 17.0 Å². The number of methoxy groups -OCH3 is 1. The highest BCUT2D eigenvalue weighted by atomic mass is 79.9. The van der Waals surface area contributed by atoms with Crippen molar-refractivity contribution in [1.29, 1.82) is 5.26 Å². The number of ether oxygens (including phenoxy) is 1. The van der Waals surface area contributed by atoms with E-state index in [0.717, 1.165) is 10.0 Å². The van der Waals surface area contributed by atoms with Gasteiger partial charge >= 0.3 is 5.97 Å². The van der Waals surface area contributed by atoms with Crippen molar-refractivity contribution < 1.29 is 14.6 Å².